The molecule has 136 valence electrons. The van der Waals surface area contributed by atoms with Crippen molar-refractivity contribution in [2.45, 2.75) is 12.6 Å². The molecule has 1 aromatic carbocycles. The molecule has 6 heteroatoms. The zero-order valence-corrected chi connectivity index (χ0v) is 14.9. The molecule has 1 unspecified atom stereocenters. The van der Waals surface area contributed by atoms with Gasteiger partial charge in [-0.3, -0.25) is 4.90 Å². The second-order valence-electron chi connectivity index (χ2n) is 6.76. The van der Waals surface area contributed by atoms with Crippen molar-refractivity contribution in [2.75, 3.05) is 19.7 Å². The van der Waals surface area contributed by atoms with Gasteiger partial charge in [-0.15, -0.1) is 5.10 Å². The fraction of sp³-hybridized carbons (Fsp3) is 0.238. The van der Waals surface area contributed by atoms with Gasteiger partial charge in [-0.05, 0) is 23.8 Å². The predicted molar refractivity (Wildman–Crippen MR) is 101 cm³/mol. The first kappa shape index (κ1) is 16.2. The van der Waals surface area contributed by atoms with Crippen LogP contribution in [0.1, 0.15) is 17.6 Å². The topological polar surface area (TPSA) is 55.8 Å². The number of furan rings is 1. The quantitative estimate of drug-likeness (QED) is 0.557. The maximum absolute atomic E-state index is 6.01. The number of rotatable bonds is 4. The van der Waals surface area contributed by atoms with Gasteiger partial charge in [0, 0.05) is 24.8 Å². The fourth-order valence-electron chi connectivity index (χ4n) is 3.58. The molecule has 0 saturated carbocycles. The number of hydrogen-bond donors (Lipinski definition) is 0. The molecule has 1 fully saturated rings. The van der Waals surface area contributed by atoms with Gasteiger partial charge in [0.25, 0.3) is 0 Å². The van der Waals surface area contributed by atoms with Gasteiger partial charge in [-0.25, -0.2) is 4.52 Å². The minimum Gasteiger partial charge on any atom is -0.468 e. The Morgan fingerprint density at radius 2 is 1.93 bits per heavy atom. The van der Waals surface area contributed by atoms with Crippen LogP contribution in [0.5, 0.6) is 0 Å². The number of ether oxygens (including phenoxy) is 1. The van der Waals surface area contributed by atoms with Gasteiger partial charge in [0.15, 0.2) is 0 Å². The normalized spacial score (nSPS) is 18.1. The molecular formula is C21H20N4O2. The number of hydrogen-bond acceptors (Lipinski definition) is 5. The molecule has 0 N–H and O–H groups in total. The van der Waals surface area contributed by atoms with Gasteiger partial charge >= 0.3 is 0 Å². The Kier molecular flexibility index (Phi) is 4.20. The Hall–Kier alpha value is -2.96. The number of nitrogens with zero attached hydrogens (tertiary/aromatic N) is 4. The van der Waals surface area contributed by atoms with E-state index >= 15 is 0 Å². The largest absolute Gasteiger partial charge is 0.468 e. The molecule has 0 spiro atoms. The lowest BCUT2D eigenvalue weighted by atomic mass is 10.1. The van der Waals surface area contributed by atoms with Crippen LogP contribution in [-0.4, -0.2) is 39.4 Å². The van der Waals surface area contributed by atoms with E-state index in [-0.39, 0.29) is 6.10 Å². The Balaban J connectivity index is 1.39. The predicted octanol–water partition coefficient (Wildman–Crippen LogP) is 3.56. The number of fused-ring (bicyclic) bond motifs is 1. The highest BCUT2D eigenvalue weighted by atomic mass is 16.5. The first-order valence-corrected chi connectivity index (χ1v) is 9.13. The average Bonchev–Trinajstić information content (AvgIpc) is 3.38. The molecule has 4 aromatic rings. The molecule has 1 atom stereocenters. The molecule has 3 aromatic heterocycles. The summed E-state index contributed by atoms with van der Waals surface area (Å²) in [6.45, 7) is 3.11. The molecule has 1 aliphatic heterocycles. The van der Waals surface area contributed by atoms with Gasteiger partial charge in [-0.1, -0.05) is 41.6 Å². The van der Waals surface area contributed by atoms with Crippen molar-refractivity contribution in [1.29, 1.82) is 0 Å². The van der Waals surface area contributed by atoms with Crippen LogP contribution in [0.3, 0.4) is 0 Å². The monoisotopic (exact) mass is 360 g/mol. The summed E-state index contributed by atoms with van der Waals surface area (Å²) in [4.78, 5) is 2.33. The SMILES string of the molecule is c1ccc(-c2ccc3c(C4CN(Cc5ccco5)CCO4)nnn3c2)cc1. The van der Waals surface area contributed by atoms with E-state index < -0.39 is 0 Å². The Labute approximate surface area is 157 Å². The van der Waals surface area contributed by atoms with Crippen LogP contribution < -0.4 is 0 Å². The highest BCUT2D eigenvalue weighted by Crippen LogP contribution is 2.27. The second-order valence-corrected chi connectivity index (χ2v) is 6.76. The molecule has 0 radical (unpaired) electrons. The lowest BCUT2D eigenvalue weighted by Crippen LogP contribution is -2.37. The molecule has 0 bridgehead atoms. The van der Waals surface area contributed by atoms with Crippen LogP contribution in [0.4, 0.5) is 0 Å². The van der Waals surface area contributed by atoms with Crippen molar-refractivity contribution in [1.82, 2.24) is 19.7 Å². The minimum absolute atomic E-state index is 0.0891. The molecule has 27 heavy (non-hydrogen) atoms. The molecule has 5 rings (SSSR count). The lowest BCUT2D eigenvalue weighted by molar-refractivity contribution is -0.0360. The van der Waals surface area contributed by atoms with Crippen LogP contribution >= 0.6 is 0 Å². The van der Waals surface area contributed by atoms with Crippen molar-refractivity contribution >= 4 is 5.52 Å². The number of benzene rings is 1. The summed E-state index contributed by atoms with van der Waals surface area (Å²) < 4.78 is 13.3. The summed E-state index contributed by atoms with van der Waals surface area (Å²) >= 11 is 0. The zero-order chi connectivity index (χ0) is 18.1. The standard InChI is InChI=1S/C21H20N4O2/c1-2-5-16(6-3-1)17-8-9-19-21(22-23-25(19)13-17)20-15-24(10-12-27-20)14-18-7-4-11-26-18/h1-9,11,13,20H,10,12,14-15H2. The second kappa shape index (κ2) is 6.98. The Bertz CT molecular complexity index is 1030. The number of morpholine rings is 1. The van der Waals surface area contributed by atoms with E-state index in [2.05, 4.69) is 39.5 Å². The molecule has 1 saturated heterocycles. The van der Waals surface area contributed by atoms with Gasteiger partial charge in [0.05, 0.1) is 24.9 Å². The summed E-state index contributed by atoms with van der Waals surface area (Å²) in [5.74, 6) is 0.968. The van der Waals surface area contributed by atoms with E-state index in [1.807, 2.05) is 41.0 Å². The van der Waals surface area contributed by atoms with Gasteiger partial charge in [0.1, 0.15) is 17.6 Å². The van der Waals surface area contributed by atoms with Crippen molar-refractivity contribution in [3.63, 3.8) is 0 Å². The maximum Gasteiger partial charge on any atom is 0.121 e. The van der Waals surface area contributed by atoms with Crippen LogP contribution in [0, 0.1) is 0 Å². The fourth-order valence-corrected chi connectivity index (χ4v) is 3.58. The molecule has 0 aliphatic carbocycles. The van der Waals surface area contributed by atoms with E-state index in [1.165, 1.54) is 0 Å². The molecule has 6 nitrogen and oxygen atoms in total. The zero-order valence-electron chi connectivity index (χ0n) is 14.9. The third kappa shape index (κ3) is 3.25. The Morgan fingerprint density at radius 3 is 2.78 bits per heavy atom. The first-order chi connectivity index (χ1) is 13.4. The number of pyridine rings is 1. The summed E-state index contributed by atoms with van der Waals surface area (Å²) in [6.07, 6.45) is 3.64. The van der Waals surface area contributed by atoms with Crippen LogP contribution in [0.25, 0.3) is 16.6 Å². The summed E-state index contributed by atoms with van der Waals surface area (Å²) in [5.41, 5.74) is 4.15. The lowest BCUT2D eigenvalue weighted by Gasteiger charge is -2.31. The molecule has 0 amide bonds. The molecular weight excluding hydrogens is 340 g/mol. The molecule has 4 heterocycles. The summed E-state index contributed by atoms with van der Waals surface area (Å²) in [5, 5.41) is 8.75. The van der Waals surface area contributed by atoms with Crippen molar-refractivity contribution < 1.29 is 9.15 Å². The van der Waals surface area contributed by atoms with E-state index in [9.17, 15) is 0 Å². The van der Waals surface area contributed by atoms with E-state index in [0.29, 0.717) is 6.61 Å². The highest BCUT2D eigenvalue weighted by Gasteiger charge is 2.26. The number of aromatic nitrogens is 3. The maximum atomic E-state index is 6.01. The third-order valence-corrected chi connectivity index (χ3v) is 4.96. The van der Waals surface area contributed by atoms with E-state index in [0.717, 1.165) is 47.7 Å². The van der Waals surface area contributed by atoms with Crippen molar-refractivity contribution in [3.05, 3.63) is 78.5 Å². The van der Waals surface area contributed by atoms with Gasteiger partial charge < -0.3 is 9.15 Å². The average molecular weight is 360 g/mol. The highest BCUT2D eigenvalue weighted by molar-refractivity contribution is 5.66. The van der Waals surface area contributed by atoms with Crippen molar-refractivity contribution in [2.24, 2.45) is 0 Å². The van der Waals surface area contributed by atoms with Crippen molar-refractivity contribution in [3.8, 4) is 11.1 Å². The molecule has 1 aliphatic rings. The van der Waals surface area contributed by atoms with Gasteiger partial charge in [0.2, 0.25) is 0 Å². The third-order valence-electron chi connectivity index (χ3n) is 4.96. The Morgan fingerprint density at radius 1 is 1.00 bits per heavy atom. The van der Waals surface area contributed by atoms with E-state index in [1.54, 1.807) is 6.26 Å². The first-order valence-electron chi connectivity index (χ1n) is 9.13. The van der Waals surface area contributed by atoms with Gasteiger partial charge in [-0.2, -0.15) is 0 Å². The van der Waals surface area contributed by atoms with Crippen LogP contribution in [0.2, 0.25) is 0 Å². The van der Waals surface area contributed by atoms with Crippen LogP contribution in [-0.2, 0) is 11.3 Å². The van der Waals surface area contributed by atoms with E-state index in [4.69, 9.17) is 9.15 Å². The minimum atomic E-state index is -0.0891. The summed E-state index contributed by atoms with van der Waals surface area (Å²) in [6, 6.07) is 18.4. The smallest absolute Gasteiger partial charge is 0.121 e. The summed E-state index contributed by atoms with van der Waals surface area (Å²) in [7, 11) is 0. The van der Waals surface area contributed by atoms with Crippen LogP contribution in [0.15, 0.2) is 71.5 Å².